The summed E-state index contributed by atoms with van der Waals surface area (Å²) in [5.41, 5.74) is 3.81. The van der Waals surface area contributed by atoms with Crippen molar-refractivity contribution in [2.45, 2.75) is 38.3 Å². The highest BCUT2D eigenvalue weighted by Gasteiger charge is 2.33. The molecule has 1 aromatic heterocycles. The fraction of sp³-hybridized carbons (Fsp3) is 0.423. The van der Waals surface area contributed by atoms with E-state index in [-0.39, 0.29) is 24.9 Å². The smallest absolute Gasteiger partial charge is 0.410 e. The van der Waals surface area contributed by atoms with Gasteiger partial charge >= 0.3 is 6.09 Å². The van der Waals surface area contributed by atoms with Crippen molar-refractivity contribution in [2.24, 2.45) is 5.92 Å². The summed E-state index contributed by atoms with van der Waals surface area (Å²) in [6.45, 7) is 2.38. The highest BCUT2D eigenvalue weighted by Crippen LogP contribution is 2.34. The van der Waals surface area contributed by atoms with Crippen molar-refractivity contribution < 1.29 is 24.1 Å². The van der Waals surface area contributed by atoms with Crippen LogP contribution in [0.1, 0.15) is 35.8 Å². The number of hydrogen-bond acceptors (Lipinski definition) is 5. The number of H-pyrrole nitrogens is 1. The number of aromatic nitrogens is 1. The highest BCUT2D eigenvalue weighted by molar-refractivity contribution is 5.85. The van der Waals surface area contributed by atoms with E-state index in [0.29, 0.717) is 45.6 Å². The van der Waals surface area contributed by atoms with E-state index in [4.69, 9.17) is 14.2 Å². The number of fused-ring (bicyclic) bond motifs is 3. The lowest BCUT2D eigenvalue weighted by Gasteiger charge is -2.30. The van der Waals surface area contributed by atoms with Crippen LogP contribution in [0.15, 0.2) is 54.6 Å². The lowest BCUT2D eigenvalue weighted by Crippen LogP contribution is -2.37. The summed E-state index contributed by atoms with van der Waals surface area (Å²) >= 11 is 0. The third-order valence-corrected chi connectivity index (χ3v) is 6.60. The van der Waals surface area contributed by atoms with Crippen molar-refractivity contribution in [3.05, 3.63) is 71.4 Å². The first-order valence-corrected chi connectivity index (χ1v) is 11.7. The molecule has 2 aliphatic heterocycles. The summed E-state index contributed by atoms with van der Waals surface area (Å²) in [4.78, 5) is 18.2. The van der Waals surface area contributed by atoms with Gasteiger partial charge in [-0.2, -0.15) is 0 Å². The van der Waals surface area contributed by atoms with E-state index >= 15 is 0 Å². The highest BCUT2D eigenvalue weighted by atomic mass is 16.7. The lowest BCUT2D eigenvalue weighted by molar-refractivity contribution is -0.0979. The predicted molar refractivity (Wildman–Crippen MR) is 124 cm³/mol. The number of aliphatic hydroxyl groups excluding tert-OH is 1. The van der Waals surface area contributed by atoms with Crippen LogP contribution in [0.25, 0.3) is 10.9 Å². The van der Waals surface area contributed by atoms with E-state index in [9.17, 15) is 9.90 Å². The lowest BCUT2D eigenvalue weighted by atomic mass is 9.92. The topological polar surface area (TPSA) is 84.0 Å². The van der Waals surface area contributed by atoms with Gasteiger partial charge in [-0.1, -0.05) is 48.5 Å². The second-order valence-electron chi connectivity index (χ2n) is 8.75. The van der Waals surface area contributed by atoms with E-state index in [0.717, 1.165) is 27.7 Å². The Bertz CT molecular complexity index is 1080. The maximum absolute atomic E-state index is 13.0. The first-order valence-electron chi connectivity index (χ1n) is 11.7. The maximum atomic E-state index is 13.0. The number of amides is 1. The summed E-state index contributed by atoms with van der Waals surface area (Å²) in [6, 6.07) is 17.7. The molecule has 2 atom stereocenters. The Balaban J connectivity index is 1.40. The number of benzene rings is 2. The second kappa shape index (κ2) is 9.95. The minimum absolute atomic E-state index is 0.0377. The molecule has 0 saturated carbocycles. The molecule has 0 bridgehead atoms. The number of carbonyl (C=O) groups excluding carboxylic acids is 1. The molecule has 33 heavy (non-hydrogen) atoms. The monoisotopic (exact) mass is 450 g/mol. The third kappa shape index (κ3) is 4.90. The number of nitrogens with zero attached hydrogens (tertiary/aromatic N) is 1. The molecule has 7 nitrogen and oxygen atoms in total. The number of para-hydroxylation sites is 1. The molecule has 7 heteroatoms. The first kappa shape index (κ1) is 21.9. The number of aromatic amines is 1. The Hall–Kier alpha value is -2.87. The van der Waals surface area contributed by atoms with Crippen molar-refractivity contribution >= 4 is 17.0 Å². The summed E-state index contributed by atoms with van der Waals surface area (Å²) in [7, 11) is 0. The van der Waals surface area contributed by atoms with Crippen LogP contribution < -0.4 is 0 Å². The van der Waals surface area contributed by atoms with Crippen molar-refractivity contribution in [3.63, 3.8) is 0 Å². The number of nitrogens with one attached hydrogen (secondary N) is 1. The van der Waals surface area contributed by atoms with Crippen LogP contribution >= 0.6 is 0 Å². The zero-order valence-corrected chi connectivity index (χ0v) is 18.6. The number of hydrogen-bond donors (Lipinski definition) is 2. The van der Waals surface area contributed by atoms with Crippen molar-refractivity contribution in [2.75, 3.05) is 26.3 Å². The van der Waals surface area contributed by atoms with Crippen LogP contribution in [0, 0.1) is 5.92 Å². The predicted octanol–water partition coefficient (Wildman–Crippen LogP) is 4.17. The van der Waals surface area contributed by atoms with Gasteiger partial charge in [0.2, 0.25) is 0 Å². The second-order valence-corrected chi connectivity index (χ2v) is 8.75. The van der Waals surface area contributed by atoms with Crippen LogP contribution in [-0.2, 0) is 27.2 Å². The fourth-order valence-electron chi connectivity index (χ4n) is 4.87. The molecule has 2 aromatic carbocycles. The molecule has 1 amide bonds. The Kier molecular flexibility index (Phi) is 6.62. The van der Waals surface area contributed by atoms with Crippen LogP contribution in [0.5, 0.6) is 0 Å². The van der Waals surface area contributed by atoms with Gasteiger partial charge in [-0.25, -0.2) is 4.79 Å². The van der Waals surface area contributed by atoms with Crippen molar-refractivity contribution in [1.82, 2.24) is 9.88 Å². The van der Waals surface area contributed by atoms with Gasteiger partial charge in [-0.3, -0.25) is 0 Å². The normalized spacial score (nSPS) is 22.3. The van der Waals surface area contributed by atoms with E-state index in [2.05, 4.69) is 11.1 Å². The molecule has 174 valence electrons. The Morgan fingerprint density at radius 1 is 1.06 bits per heavy atom. The average Bonchev–Trinajstić information content (AvgIpc) is 3.51. The number of aliphatic hydroxyl groups is 1. The number of carbonyl (C=O) groups is 1. The Morgan fingerprint density at radius 2 is 1.82 bits per heavy atom. The van der Waals surface area contributed by atoms with Crippen molar-refractivity contribution in [1.29, 1.82) is 0 Å². The molecule has 5 rings (SSSR count). The molecule has 3 heterocycles. The zero-order valence-electron chi connectivity index (χ0n) is 18.6. The summed E-state index contributed by atoms with van der Waals surface area (Å²) in [6.07, 6.45) is 0.455. The molecule has 0 aliphatic carbocycles. The van der Waals surface area contributed by atoms with Gasteiger partial charge in [0.05, 0.1) is 19.3 Å². The zero-order chi connectivity index (χ0) is 22.6. The third-order valence-electron chi connectivity index (χ3n) is 6.60. The molecule has 1 saturated heterocycles. The fourth-order valence-corrected chi connectivity index (χ4v) is 4.87. The molecule has 0 radical (unpaired) electrons. The van der Waals surface area contributed by atoms with Gasteiger partial charge in [0.1, 0.15) is 6.61 Å². The van der Waals surface area contributed by atoms with Gasteiger partial charge in [0.15, 0.2) is 6.29 Å². The number of rotatable bonds is 3. The van der Waals surface area contributed by atoms with Crippen molar-refractivity contribution in [3.8, 4) is 0 Å². The molecule has 2 aliphatic rings. The van der Waals surface area contributed by atoms with Crippen LogP contribution in [0.2, 0.25) is 0 Å². The summed E-state index contributed by atoms with van der Waals surface area (Å²) in [5, 5.41) is 12.2. The minimum Gasteiger partial charge on any atom is -0.445 e. The molecule has 3 aromatic rings. The van der Waals surface area contributed by atoms with Crippen LogP contribution in [0.4, 0.5) is 4.79 Å². The van der Waals surface area contributed by atoms with Crippen LogP contribution in [-0.4, -0.2) is 53.7 Å². The van der Waals surface area contributed by atoms with Gasteiger partial charge in [0.25, 0.3) is 0 Å². The summed E-state index contributed by atoms with van der Waals surface area (Å²) in [5.74, 6) is -0.0377. The van der Waals surface area contributed by atoms with Crippen LogP contribution in [0.3, 0.4) is 0 Å². The van der Waals surface area contributed by atoms with E-state index < -0.39 is 6.10 Å². The van der Waals surface area contributed by atoms with E-state index in [1.54, 1.807) is 4.90 Å². The Morgan fingerprint density at radius 3 is 2.64 bits per heavy atom. The van der Waals surface area contributed by atoms with Gasteiger partial charge in [-0.05, 0) is 36.5 Å². The van der Waals surface area contributed by atoms with E-state index in [1.165, 1.54) is 0 Å². The molecule has 0 unspecified atom stereocenters. The Labute approximate surface area is 193 Å². The SMILES string of the molecule is O=C(OCc1ccccc1)N1CCc2c([nH]c3ccccc23)[C@@H](O)C[C@H](C2OCCO2)CC1. The quantitative estimate of drug-likeness (QED) is 0.626. The molecular weight excluding hydrogens is 420 g/mol. The van der Waals surface area contributed by atoms with E-state index in [1.807, 2.05) is 48.5 Å². The standard InChI is InChI=1S/C26H30N2O5/c29-23-16-19(25-31-14-15-32-25)10-12-28(26(30)33-17-18-6-2-1-3-7-18)13-11-21-20-8-4-5-9-22(20)27-24(21)23/h1-9,19,23,25,27,29H,10-17H2/t19-,23+/m1/s1. The summed E-state index contributed by atoms with van der Waals surface area (Å²) < 4.78 is 17.2. The van der Waals surface area contributed by atoms with Gasteiger partial charge in [-0.15, -0.1) is 0 Å². The first-order chi connectivity index (χ1) is 16.2. The largest absolute Gasteiger partial charge is 0.445 e. The number of ether oxygens (including phenoxy) is 3. The average molecular weight is 451 g/mol. The van der Waals surface area contributed by atoms with Gasteiger partial charge < -0.3 is 29.2 Å². The molecular formula is C26H30N2O5. The minimum atomic E-state index is -0.651. The molecule has 1 fully saturated rings. The molecule has 2 N–H and O–H groups in total. The molecule has 0 spiro atoms. The maximum Gasteiger partial charge on any atom is 0.410 e. The van der Waals surface area contributed by atoms with Gasteiger partial charge in [0, 0.05) is 35.6 Å².